The molecular weight excluding hydrogens is 361 g/mol. The summed E-state index contributed by atoms with van der Waals surface area (Å²) in [5.41, 5.74) is 8.16. The average molecular weight is 376 g/mol. The van der Waals surface area contributed by atoms with E-state index in [1.807, 2.05) is 12.1 Å². The molecule has 27 heavy (non-hydrogen) atoms. The van der Waals surface area contributed by atoms with Gasteiger partial charge in [0.25, 0.3) is 5.91 Å². The van der Waals surface area contributed by atoms with Crippen LogP contribution in [-0.2, 0) is 6.54 Å². The number of ether oxygens (including phenoxy) is 1. The largest absolute Gasteiger partial charge is 0.573 e. The Morgan fingerprint density at radius 1 is 1.15 bits per heavy atom. The third-order valence-electron chi connectivity index (χ3n) is 3.67. The van der Waals surface area contributed by atoms with Gasteiger partial charge in [-0.3, -0.25) is 9.89 Å². The lowest BCUT2D eigenvalue weighted by atomic mass is 10.1. The predicted molar refractivity (Wildman–Crippen MR) is 92.7 cm³/mol. The van der Waals surface area contributed by atoms with Crippen LogP contribution in [0.25, 0.3) is 11.3 Å². The molecule has 1 aromatic heterocycles. The van der Waals surface area contributed by atoms with Crippen LogP contribution in [-0.4, -0.2) is 22.5 Å². The Morgan fingerprint density at radius 2 is 1.85 bits per heavy atom. The molecular formula is C18H15F3N4O2. The van der Waals surface area contributed by atoms with Crippen molar-refractivity contribution in [2.24, 2.45) is 0 Å². The number of nitrogens with one attached hydrogen (secondary N) is 2. The first-order chi connectivity index (χ1) is 12.8. The van der Waals surface area contributed by atoms with E-state index in [1.54, 1.807) is 18.2 Å². The van der Waals surface area contributed by atoms with Crippen LogP contribution >= 0.6 is 0 Å². The number of H-pyrrole nitrogens is 1. The van der Waals surface area contributed by atoms with Gasteiger partial charge in [0, 0.05) is 11.3 Å². The number of benzene rings is 2. The Balaban J connectivity index is 1.70. The molecule has 2 aromatic carbocycles. The molecule has 0 unspecified atom stereocenters. The lowest BCUT2D eigenvalue weighted by Crippen LogP contribution is -2.25. The van der Waals surface area contributed by atoms with E-state index < -0.39 is 18.0 Å². The number of carbonyl (C=O) groups excluding carboxylic acids is 1. The van der Waals surface area contributed by atoms with Gasteiger partial charge in [-0.2, -0.15) is 5.10 Å². The minimum absolute atomic E-state index is 0.0163. The van der Waals surface area contributed by atoms with E-state index in [2.05, 4.69) is 20.3 Å². The van der Waals surface area contributed by atoms with Crippen molar-refractivity contribution in [2.45, 2.75) is 12.9 Å². The number of halogens is 3. The van der Waals surface area contributed by atoms with Crippen molar-refractivity contribution in [3.63, 3.8) is 0 Å². The first-order valence-electron chi connectivity index (χ1n) is 7.85. The number of nitrogens with zero attached hydrogens (tertiary/aromatic N) is 1. The Bertz CT molecular complexity index is 954. The second-order valence-electron chi connectivity index (χ2n) is 5.59. The van der Waals surface area contributed by atoms with Crippen LogP contribution in [0.5, 0.6) is 5.75 Å². The molecule has 6 nitrogen and oxygen atoms in total. The SMILES string of the molecule is Nc1ccccc1-c1cc(CNC(=O)c2ccccc2OC(F)(F)F)n[nH]1. The van der Waals surface area contributed by atoms with Gasteiger partial charge in [0.1, 0.15) is 5.75 Å². The minimum atomic E-state index is -4.89. The van der Waals surface area contributed by atoms with Crippen molar-refractivity contribution < 1.29 is 22.7 Å². The van der Waals surface area contributed by atoms with Gasteiger partial charge < -0.3 is 15.8 Å². The number of rotatable bonds is 5. The molecule has 0 radical (unpaired) electrons. The lowest BCUT2D eigenvalue weighted by Gasteiger charge is -2.12. The average Bonchev–Trinajstić information content (AvgIpc) is 3.08. The third kappa shape index (κ3) is 4.57. The summed E-state index contributed by atoms with van der Waals surface area (Å²) in [5, 5.41) is 9.41. The highest BCUT2D eigenvalue weighted by molar-refractivity contribution is 5.96. The molecule has 0 saturated heterocycles. The smallest absolute Gasteiger partial charge is 0.405 e. The van der Waals surface area contributed by atoms with Crippen LogP contribution in [0.3, 0.4) is 0 Å². The monoisotopic (exact) mass is 376 g/mol. The zero-order chi connectivity index (χ0) is 19.4. The van der Waals surface area contributed by atoms with Crippen molar-refractivity contribution in [1.29, 1.82) is 0 Å². The number of hydrogen-bond donors (Lipinski definition) is 3. The second-order valence-corrected chi connectivity index (χ2v) is 5.59. The Kier molecular flexibility index (Phi) is 5.02. The van der Waals surface area contributed by atoms with Crippen LogP contribution < -0.4 is 15.8 Å². The third-order valence-corrected chi connectivity index (χ3v) is 3.67. The normalized spacial score (nSPS) is 11.2. The fourth-order valence-corrected chi connectivity index (χ4v) is 2.47. The number of carbonyl (C=O) groups is 1. The molecule has 0 spiro atoms. The predicted octanol–water partition coefficient (Wildman–Crippen LogP) is 3.49. The van der Waals surface area contributed by atoms with E-state index in [9.17, 15) is 18.0 Å². The van der Waals surface area contributed by atoms with Gasteiger partial charge in [-0.05, 0) is 24.3 Å². The van der Waals surface area contributed by atoms with E-state index >= 15 is 0 Å². The van der Waals surface area contributed by atoms with E-state index in [1.165, 1.54) is 18.2 Å². The quantitative estimate of drug-likeness (QED) is 0.595. The van der Waals surface area contributed by atoms with E-state index in [4.69, 9.17) is 5.73 Å². The summed E-state index contributed by atoms with van der Waals surface area (Å²) >= 11 is 0. The van der Waals surface area contributed by atoms with Crippen molar-refractivity contribution in [2.75, 3.05) is 5.73 Å². The van der Waals surface area contributed by atoms with Crippen LogP contribution in [0.1, 0.15) is 16.1 Å². The maximum atomic E-state index is 12.5. The maximum absolute atomic E-state index is 12.5. The number of anilines is 1. The van der Waals surface area contributed by atoms with Crippen LogP contribution in [0.4, 0.5) is 18.9 Å². The molecule has 0 aliphatic heterocycles. The molecule has 0 bridgehead atoms. The van der Waals surface area contributed by atoms with Crippen molar-refractivity contribution in [3.8, 4) is 17.0 Å². The van der Waals surface area contributed by atoms with E-state index in [0.29, 0.717) is 17.1 Å². The molecule has 140 valence electrons. The standard InChI is InChI=1S/C18H15F3N4O2/c19-18(20,21)27-16-8-4-2-6-13(16)17(26)23-10-11-9-15(25-24-11)12-5-1-3-7-14(12)22/h1-9H,10,22H2,(H,23,26)(H,24,25). The molecule has 1 amide bonds. The number of nitrogens with two attached hydrogens (primary N) is 1. The van der Waals surface area contributed by atoms with Gasteiger partial charge in [0.2, 0.25) is 0 Å². The number of alkyl halides is 3. The molecule has 3 aromatic rings. The lowest BCUT2D eigenvalue weighted by molar-refractivity contribution is -0.274. The van der Waals surface area contributed by atoms with Crippen LogP contribution in [0.2, 0.25) is 0 Å². The Labute approximate surface area is 152 Å². The zero-order valence-corrected chi connectivity index (χ0v) is 13.9. The highest BCUT2D eigenvalue weighted by Gasteiger charge is 2.32. The van der Waals surface area contributed by atoms with Gasteiger partial charge in [-0.25, -0.2) is 0 Å². The molecule has 0 fully saturated rings. The summed E-state index contributed by atoms with van der Waals surface area (Å²) in [7, 11) is 0. The number of aromatic amines is 1. The fourth-order valence-electron chi connectivity index (χ4n) is 2.47. The topological polar surface area (TPSA) is 93.0 Å². The number of amides is 1. The fraction of sp³-hybridized carbons (Fsp3) is 0.111. The Morgan fingerprint density at radius 3 is 2.59 bits per heavy atom. The summed E-state index contributed by atoms with van der Waals surface area (Å²) in [6, 6.07) is 14.0. The molecule has 0 atom stereocenters. The number of para-hydroxylation sites is 2. The number of aromatic nitrogens is 2. The molecule has 0 aliphatic rings. The van der Waals surface area contributed by atoms with Crippen LogP contribution in [0.15, 0.2) is 54.6 Å². The van der Waals surface area contributed by atoms with E-state index in [-0.39, 0.29) is 12.1 Å². The van der Waals surface area contributed by atoms with Gasteiger partial charge >= 0.3 is 6.36 Å². The number of hydrogen-bond acceptors (Lipinski definition) is 4. The van der Waals surface area contributed by atoms with Crippen LogP contribution in [0, 0.1) is 0 Å². The van der Waals surface area contributed by atoms with Crippen molar-refractivity contribution >= 4 is 11.6 Å². The Hall–Kier alpha value is -3.49. The summed E-state index contributed by atoms with van der Waals surface area (Å²) in [4.78, 5) is 12.2. The van der Waals surface area contributed by atoms with Crippen molar-refractivity contribution in [3.05, 3.63) is 65.9 Å². The second kappa shape index (κ2) is 7.40. The van der Waals surface area contributed by atoms with Gasteiger partial charge in [0.05, 0.1) is 23.5 Å². The molecule has 3 rings (SSSR count). The maximum Gasteiger partial charge on any atom is 0.573 e. The number of nitrogen functional groups attached to an aromatic ring is 1. The van der Waals surface area contributed by atoms with E-state index in [0.717, 1.165) is 11.6 Å². The molecule has 0 aliphatic carbocycles. The van der Waals surface area contributed by atoms with Crippen molar-refractivity contribution in [1.82, 2.24) is 15.5 Å². The van der Waals surface area contributed by atoms with Gasteiger partial charge in [-0.15, -0.1) is 13.2 Å². The highest BCUT2D eigenvalue weighted by atomic mass is 19.4. The first-order valence-corrected chi connectivity index (χ1v) is 7.85. The summed E-state index contributed by atoms with van der Waals surface area (Å²) in [6.07, 6.45) is -4.89. The molecule has 1 heterocycles. The summed E-state index contributed by atoms with van der Waals surface area (Å²) in [6.45, 7) is 0.0163. The summed E-state index contributed by atoms with van der Waals surface area (Å²) < 4.78 is 41.2. The molecule has 9 heteroatoms. The minimum Gasteiger partial charge on any atom is -0.405 e. The van der Waals surface area contributed by atoms with Gasteiger partial charge in [0.15, 0.2) is 0 Å². The van der Waals surface area contributed by atoms with Gasteiger partial charge in [-0.1, -0.05) is 30.3 Å². The highest BCUT2D eigenvalue weighted by Crippen LogP contribution is 2.26. The molecule has 4 N–H and O–H groups in total. The summed E-state index contributed by atoms with van der Waals surface area (Å²) in [5.74, 6) is -1.28. The first kappa shape index (κ1) is 18.3. The molecule has 0 saturated carbocycles. The zero-order valence-electron chi connectivity index (χ0n) is 13.9.